The van der Waals surface area contributed by atoms with Crippen LogP contribution in [-0.4, -0.2) is 11.3 Å². The molecule has 0 bridgehead atoms. The third kappa shape index (κ3) is 6.77. The summed E-state index contributed by atoms with van der Waals surface area (Å²) in [5, 5.41) is 0. The number of hydrogen-bond acceptors (Lipinski definition) is 1. The quantitative estimate of drug-likeness (QED) is 0.660. The lowest BCUT2D eigenvalue weighted by molar-refractivity contribution is -0.0328. The third-order valence-corrected chi connectivity index (χ3v) is 3.04. The largest absolute Gasteiger partial charge is 0.441 e. The molecule has 0 amide bonds. The van der Waals surface area contributed by atoms with Crippen molar-refractivity contribution in [1.82, 2.24) is 0 Å². The van der Waals surface area contributed by atoms with Crippen LogP contribution in [-0.2, 0) is 6.42 Å². The molecule has 0 spiro atoms. The van der Waals surface area contributed by atoms with Gasteiger partial charge in [-0.3, -0.25) is 0 Å². The van der Waals surface area contributed by atoms with Gasteiger partial charge in [0.1, 0.15) is 0 Å². The van der Waals surface area contributed by atoms with E-state index in [9.17, 15) is 13.2 Å². The summed E-state index contributed by atoms with van der Waals surface area (Å²) in [6.07, 6.45) is 3.41. The fourth-order valence-electron chi connectivity index (χ4n) is 1.44. The molecule has 0 aromatic heterocycles. The van der Waals surface area contributed by atoms with Crippen LogP contribution in [0.2, 0.25) is 0 Å². The number of thioether (sulfide) groups is 1. The van der Waals surface area contributed by atoms with Gasteiger partial charge < -0.3 is 0 Å². The molecule has 0 heterocycles. The first-order valence-electron chi connectivity index (χ1n) is 5.32. The van der Waals surface area contributed by atoms with E-state index < -0.39 is 5.51 Å². The van der Waals surface area contributed by atoms with Crippen molar-refractivity contribution in [2.45, 2.75) is 31.2 Å². The number of unbranched alkanes of at least 4 members (excludes halogenated alkanes) is 2. The highest BCUT2D eigenvalue weighted by Crippen LogP contribution is 2.30. The summed E-state index contributed by atoms with van der Waals surface area (Å²) in [5.74, 6) is 0.179. The fourth-order valence-corrected chi connectivity index (χ4v) is 2.02. The average molecular weight is 248 g/mol. The lowest BCUT2D eigenvalue weighted by Crippen LogP contribution is -2.01. The lowest BCUT2D eigenvalue weighted by Gasteiger charge is -2.05. The molecule has 1 rings (SSSR count). The molecule has 0 saturated carbocycles. The summed E-state index contributed by atoms with van der Waals surface area (Å²) < 4.78 is 35.4. The molecule has 0 unspecified atom stereocenters. The van der Waals surface area contributed by atoms with Crippen molar-refractivity contribution in [3.63, 3.8) is 0 Å². The van der Waals surface area contributed by atoms with Crippen LogP contribution in [0.5, 0.6) is 0 Å². The molecule has 0 saturated heterocycles. The third-order valence-electron chi connectivity index (χ3n) is 2.22. The molecule has 4 heteroatoms. The van der Waals surface area contributed by atoms with Crippen molar-refractivity contribution in [1.29, 1.82) is 0 Å². The number of halogens is 3. The van der Waals surface area contributed by atoms with Crippen molar-refractivity contribution in [3.05, 3.63) is 35.9 Å². The maximum atomic E-state index is 11.8. The van der Waals surface area contributed by atoms with E-state index in [1.165, 1.54) is 5.56 Å². The Hall–Kier alpha value is -0.640. The maximum absolute atomic E-state index is 11.8. The van der Waals surface area contributed by atoms with Gasteiger partial charge in [0.2, 0.25) is 0 Å². The normalized spacial score (nSPS) is 11.7. The van der Waals surface area contributed by atoms with E-state index in [2.05, 4.69) is 0 Å². The minimum Gasteiger partial charge on any atom is -0.160 e. The first-order valence-corrected chi connectivity index (χ1v) is 6.31. The molecule has 1 aromatic rings. The number of aryl methyl sites for hydroxylation is 1. The van der Waals surface area contributed by atoms with Crippen LogP contribution in [0.15, 0.2) is 30.3 Å². The zero-order chi connectivity index (χ0) is 11.9. The highest BCUT2D eigenvalue weighted by molar-refractivity contribution is 8.00. The molecule has 0 aliphatic rings. The van der Waals surface area contributed by atoms with Crippen molar-refractivity contribution in [2.24, 2.45) is 0 Å². The van der Waals surface area contributed by atoms with Crippen molar-refractivity contribution in [3.8, 4) is 0 Å². The van der Waals surface area contributed by atoms with Crippen LogP contribution in [0.4, 0.5) is 13.2 Å². The number of alkyl halides is 3. The van der Waals surface area contributed by atoms with Gasteiger partial charge in [-0.2, -0.15) is 13.2 Å². The fraction of sp³-hybridized carbons (Fsp3) is 0.500. The Kier molecular flexibility index (Phi) is 5.74. The summed E-state index contributed by atoms with van der Waals surface area (Å²) >= 11 is 0.0798. The molecule has 0 N–H and O–H groups in total. The minimum absolute atomic E-state index is 0.0798. The van der Waals surface area contributed by atoms with Gasteiger partial charge in [0.25, 0.3) is 0 Å². The van der Waals surface area contributed by atoms with Crippen LogP contribution in [0, 0.1) is 0 Å². The van der Waals surface area contributed by atoms with Gasteiger partial charge in [-0.05, 0) is 24.8 Å². The first-order chi connectivity index (χ1) is 7.58. The number of benzene rings is 1. The Morgan fingerprint density at radius 1 is 0.938 bits per heavy atom. The van der Waals surface area contributed by atoms with Gasteiger partial charge in [-0.25, -0.2) is 0 Å². The topological polar surface area (TPSA) is 0 Å². The standard InChI is InChI=1S/C12H15F3S/c13-12(14,15)16-10-6-2-5-9-11-7-3-1-4-8-11/h1,3-4,7-8H,2,5-6,9-10H2. The highest BCUT2D eigenvalue weighted by atomic mass is 32.2. The highest BCUT2D eigenvalue weighted by Gasteiger charge is 2.27. The Balaban J connectivity index is 2.01. The summed E-state index contributed by atoms with van der Waals surface area (Å²) in [4.78, 5) is 0. The van der Waals surface area contributed by atoms with Crippen LogP contribution in [0.1, 0.15) is 24.8 Å². The molecular formula is C12H15F3S. The van der Waals surface area contributed by atoms with E-state index in [4.69, 9.17) is 0 Å². The minimum atomic E-state index is -4.07. The second kappa shape index (κ2) is 6.84. The molecule has 0 fully saturated rings. The Bertz CT molecular complexity index is 282. The molecule has 0 nitrogen and oxygen atoms in total. The predicted octanol–water partition coefficient (Wildman–Crippen LogP) is 4.65. The van der Waals surface area contributed by atoms with Crippen LogP contribution < -0.4 is 0 Å². The summed E-state index contributed by atoms with van der Waals surface area (Å²) in [7, 11) is 0. The van der Waals surface area contributed by atoms with E-state index in [1.807, 2.05) is 30.3 Å². The zero-order valence-electron chi connectivity index (χ0n) is 8.96. The summed E-state index contributed by atoms with van der Waals surface area (Å²) in [5.41, 5.74) is -2.81. The second-order valence-corrected chi connectivity index (χ2v) is 4.75. The van der Waals surface area contributed by atoms with Crippen LogP contribution >= 0.6 is 11.8 Å². The van der Waals surface area contributed by atoms with Gasteiger partial charge in [0.15, 0.2) is 0 Å². The predicted molar refractivity (Wildman–Crippen MR) is 62.5 cm³/mol. The summed E-state index contributed by atoms with van der Waals surface area (Å²) in [6.45, 7) is 0. The Labute approximate surface area is 98.2 Å². The van der Waals surface area contributed by atoms with Gasteiger partial charge in [-0.15, -0.1) is 0 Å². The maximum Gasteiger partial charge on any atom is 0.441 e. The van der Waals surface area contributed by atoms with Crippen LogP contribution in [0.25, 0.3) is 0 Å². The SMILES string of the molecule is FC(F)(F)SCCCCCc1ccccc1. The monoisotopic (exact) mass is 248 g/mol. The molecule has 16 heavy (non-hydrogen) atoms. The smallest absolute Gasteiger partial charge is 0.160 e. The zero-order valence-corrected chi connectivity index (χ0v) is 9.78. The summed E-state index contributed by atoms with van der Waals surface area (Å²) in [6, 6.07) is 10.0. The van der Waals surface area contributed by atoms with Gasteiger partial charge in [0.05, 0.1) is 0 Å². The number of rotatable bonds is 6. The first kappa shape index (κ1) is 13.4. The lowest BCUT2D eigenvalue weighted by atomic mass is 10.1. The number of hydrogen-bond donors (Lipinski definition) is 0. The van der Waals surface area contributed by atoms with E-state index in [1.54, 1.807) is 0 Å². The Morgan fingerprint density at radius 2 is 1.62 bits per heavy atom. The molecule has 1 aromatic carbocycles. The molecule has 90 valence electrons. The van der Waals surface area contributed by atoms with E-state index >= 15 is 0 Å². The molecular weight excluding hydrogens is 233 g/mol. The Morgan fingerprint density at radius 3 is 2.25 bits per heavy atom. The molecule has 0 aliphatic heterocycles. The molecule has 0 aliphatic carbocycles. The molecule has 0 radical (unpaired) electrons. The van der Waals surface area contributed by atoms with Crippen molar-refractivity contribution >= 4 is 11.8 Å². The molecule has 0 atom stereocenters. The van der Waals surface area contributed by atoms with E-state index in [-0.39, 0.29) is 17.5 Å². The van der Waals surface area contributed by atoms with Crippen molar-refractivity contribution < 1.29 is 13.2 Å². The average Bonchev–Trinajstić information content (AvgIpc) is 2.23. The van der Waals surface area contributed by atoms with E-state index in [0.29, 0.717) is 6.42 Å². The van der Waals surface area contributed by atoms with Gasteiger partial charge >= 0.3 is 5.51 Å². The van der Waals surface area contributed by atoms with Gasteiger partial charge in [0, 0.05) is 5.75 Å². The second-order valence-electron chi connectivity index (χ2n) is 3.59. The van der Waals surface area contributed by atoms with Gasteiger partial charge in [-0.1, -0.05) is 48.5 Å². The van der Waals surface area contributed by atoms with E-state index in [0.717, 1.165) is 19.3 Å². The van der Waals surface area contributed by atoms with Crippen molar-refractivity contribution in [2.75, 3.05) is 5.75 Å². The van der Waals surface area contributed by atoms with Crippen LogP contribution in [0.3, 0.4) is 0 Å².